The number of pyridine rings is 1. The van der Waals surface area contributed by atoms with Crippen LogP contribution in [0, 0.1) is 11.5 Å². The molecule has 0 aliphatic rings. The van der Waals surface area contributed by atoms with Crippen LogP contribution in [0.15, 0.2) is 18.3 Å². The largest absolute Gasteiger partial charge is 0.461 e. The molecule has 82 valence electrons. The van der Waals surface area contributed by atoms with E-state index < -0.39 is 0 Å². The molecular formula is C9H12ClN3OS. The Kier molecular flexibility index (Phi) is 3.94. The van der Waals surface area contributed by atoms with Gasteiger partial charge in [-0.2, -0.15) is 0 Å². The third kappa shape index (κ3) is 2.61. The zero-order valence-electron chi connectivity index (χ0n) is 8.42. The van der Waals surface area contributed by atoms with Gasteiger partial charge in [-0.05, 0) is 19.1 Å². The Hall–Kier alpha value is -0.800. The molecule has 0 aromatic carbocycles. The normalized spacial score (nSPS) is 16.7. The van der Waals surface area contributed by atoms with Crippen molar-refractivity contribution in [1.29, 1.82) is 5.26 Å². The summed E-state index contributed by atoms with van der Waals surface area (Å²) >= 11 is 5.67. The van der Waals surface area contributed by atoms with Crippen molar-refractivity contribution in [3.8, 4) is 6.19 Å². The van der Waals surface area contributed by atoms with Gasteiger partial charge in [0.05, 0.1) is 7.05 Å². The lowest BCUT2D eigenvalue weighted by atomic mass is 10.1. The van der Waals surface area contributed by atoms with Gasteiger partial charge in [-0.15, -0.1) is 5.26 Å². The third-order valence-electron chi connectivity index (χ3n) is 2.38. The number of nitrogens with zero attached hydrogens (tertiary/aromatic N) is 3. The molecule has 1 aromatic heterocycles. The fraction of sp³-hybridized carbons (Fsp3) is 0.333. The molecule has 0 amide bonds. The minimum Gasteiger partial charge on any atom is -0.461 e. The molecule has 0 spiro atoms. The predicted octanol–water partition coefficient (Wildman–Crippen LogP) is 1.93. The number of quaternary nitrogens is 1. The lowest BCUT2D eigenvalue weighted by Crippen LogP contribution is -2.39. The van der Waals surface area contributed by atoms with Crippen LogP contribution >= 0.6 is 11.6 Å². The average Bonchev–Trinajstić information content (AvgIpc) is 2.28. The number of rotatable bonds is 3. The molecule has 0 radical (unpaired) electrons. The maximum atomic E-state index is 9.15. The van der Waals surface area contributed by atoms with Crippen molar-refractivity contribution in [2.45, 2.75) is 13.0 Å². The lowest BCUT2D eigenvalue weighted by molar-refractivity contribution is -0.743. The maximum absolute atomic E-state index is 9.15. The van der Waals surface area contributed by atoms with Crippen LogP contribution in [0.4, 0.5) is 0 Å². The molecule has 0 fully saturated rings. The highest BCUT2D eigenvalue weighted by Gasteiger charge is 2.24. The number of thiol groups is 1. The smallest absolute Gasteiger partial charge is 0.293 e. The molecule has 0 aliphatic carbocycles. The molecule has 1 unspecified atom stereocenters. The number of nitriles is 1. The molecular weight excluding hydrogens is 234 g/mol. The average molecular weight is 246 g/mol. The first-order valence-corrected chi connectivity index (χ1v) is 5.47. The molecule has 2 atom stereocenters. The van der Waals surface area contributed by atoms with Crippen LogP contribution in [-0.4, -0.2) is 20.5 Å². The summed E-state index contributed by atoms with van der Waals surface area (Å²) in [5.41, 5.74) is 0.866. The Morgan fingerprint density at radius 2 is 2.33 bits per heavy atom. The van der Waals surface area contributed by atoms with Crippen LogP contribution in [0.25, 0.3) is 0 Å². The summed E-state index contributed by atoms with van der Waals surface area (Å²) in [5.74, 6) is 0. The van der Waals surface area contributed by atoms with Gasteiger partial charge in [0, 0.05) is 11.8 Å². The van der Waals surface area contributed by atoms with Crippen molar-refractivity contribution in [2.24, 2.45) is 0 Å². The second-order valence-electron chi connectivity index (χ2n) is 3.31. The van der Waals surface area contributed by atoms with Crippen molar-refractivity contribution < 1.29 is 8.44 Å². The van der Waals surface area contributed by atoms with E-state index in [2.05, 4.69) is 11.2 Å². The SMILES string of the molecule is C[C@@H](c1ccc(Cl)nc1)[N+](C)(C#N)[SH-]O. The summed E-state index contributed by atoms with van der Waals surface area (Å²) in [7, 11) is 1.65. The number of hydrogen-bond acceptors (Lipinski definition) is 4. The summed E-state index contributed by atoms with van der Waals surface area (Å²) < 4.78 is 9.01. The minimum atomic E-state index is -0.161. The molecule has 0 aliphatic heterocycles. The lowest BCUT2D eigenvalue weighted by Gasteiger charge is -2.37. The van der Waals surface area contributed by atoms with Crippen molar-refractivity contribution in [3.63, 3.8) is 0 Å². The van der Waals surface area contributed by atoms with E-state index in [4.69, 9.17) is 21.4 Å². The van der Waals surface area contributed by atoms with Crippen molar-refractivity contribution >= 4 is 23.8 Å². The van der Waals surface area contributed by atoms with E-state index in [1.54, 1.807) is 25.4 Å². The highest BCUT2D eigenvalue weighted by atomic mass is 35.5. The molecule has 1 N–H and O–H groups in total. The van der Waals surface area contributed by atoms with Gasteiger partial charge in [-0.25, -0.2) is 17.2 Å². The topological polar surface area (TPSA) is 56.9 Å². The van der Waals surface area contributed by atoms with Crippen LogP contribution in [0.3, 0.4) is 0 Å². The van der Waals surface area contributed by atoms with Crippen molar-refractivity contribution in [2.75, 3.05) is 7.05 Å². The monoisotopic (exact) mass is 245 g/mol. The molecule has 6 heteroatoms. The first-order chi connectivity index (χ1) is 7.03. The zero-order valence-corrected chi connectivity index (χ0v) is 10.1. The van der Waals surface area contributed by atoms with Crippen molar-refractivity contribution in [1.82, 2.24) is 4.98 Å². The second kappa shape index (κ2) is 4.81. The van der Waals surface area contributed by atoms with Crippen LogP contribution in [0.1, 0.15) is 18.5 Å². The van der Waals surface area contributed by atoms with E-state index in [9.17, 15) is 0 Å². The van der Waals surface area contributed by atoms with Gasteiger partial charge in [0.2, 0.25) is 0 Å². The molecule has 1 heterocycles. The summed E-state index contributed by atoms with van der Waals surface area (Å²) in [4.78, 5) is 3.94. The van der Waals surface area contributed by atoms with Gasteiger partial charge in [-0.3, -0.25) is 3.89 Å². The number of hydrogen-bond donors (Lipinski definition) is 1. The molecule has 15 heavy (non-hydrogen) atoms. The highest BCUT2D eigenvalue weighted by Crippen LogP contribution is 2.25. The van der Waals surface area contributed by atoms with E-state index in [0.717, 1.165) is 5.56 Å². The van der Waals surface area contributed by atoms with E-state index in [1.165, 1.54) is 0 Å². The van der Waals surface area contributed by atoms with E-state index in [0.29, 0.717) is 5.15 Å². The van der Waals surface area contributed by atoms with E-state index in [-0.39, 0.29) is 22.2 Å². The number of halogens is 1. The van der Waals surface area contributed by atoms with Gasteiger partial charge in [-0.1, -0.05) is 11.6 Å². The summed E-state index contributed by atoms with van der Waals surface area (Å²) in [5, 5.41) is 9.40. The number of aromatic nitrogens is 1. The predicted molar refractivity (Wildman–Crippen MR) is 60.8 cm³/mol. The second-order valence-corrected chi connectivity index (χ2v) is 4.70. The maximum Gasteiger partial charge on any atom is 0.293 e. The quantitative estimate of drug-likeness (QED) is 0.291. The van der Waals surface area contributed by atoms with Crippen LogP contribution in [0.5, 0.6) is 0 Å². The van der Waals surface area contributed by atoms with Gasteiger partial charge in [0.15, 0.2) is 0 Å². The van der Waals surface area contributed by atoms with Gasteiger partial charge >= 0.3 is 0 Å². The Bertz CT molecular complexity index is 378. The third-order valence-corrected chi connectivity index (χ3v) is 3.41. The van der Waals surface area contributed by atoms with E-state index >= 15 is 0 Å². The van der Waals surface area contributed by atoms with Gasteiger partial charge in [0.25, 0.3) is 6.19 Å². The molecule has 0 saturated heterocycles. The fourth-order valence-electron chi connectivity index (χ4n) is 1.11. The molecule has 0 bridgehead atoms. The Morgan fingerprint density at radius 3 is 2.73 bits per heavy atom. The zero-order chi connectivity index (χ0) is 11.5. The first-order valence-electron chi connectivity index (χ1n) is 4.29. The highest BCUT2D eigenvalue weighted by molar-refractivity contribution is 7.66. The molecule has 0 saturated carbocycles. The van der Waals surface area contributed by atoms with E-state index in [1.807, 2.05) is 6.92 Å². The Balaban J connectivity index is 2.99. The Labute approximate surface area is 98.0 Å². The molecule has 1 aromatic rings. The van der Waals surface area contributed by atoms with Crippen molar-refractivity contribution in [3.05, 3.63) is 29.0 Å². The first kappa shape index (κ1) is 12.3. The van der Waals surface area contributed by atoms with Crippen LogP contribution < -0.4 is 0 Å². The summed E-state index contributed by atoms with van der Waals surface area (Å²) in [6.45, 7) is 1.86. The van der Waals surface area contributed by atoms with Gasteiger partial charge in [0.1, 0.15) is 11.2 Å². The molecule has 4 nitrogen and oxygen atoms in total. The minimum absolute atomic E-state index is 0.00778. The van der Waals surface area contributed by atoms with Crippen LogP contribution in [0.2, 0.25) is 5.15 Å². The summed E-state index contributed by atoms with van der Waals surface area (Å²) in [6, 6.07) is 3.31. The summed E-state index contributed by atoms with van der Waals surface area (Å²) in [6.07, 6.45) is 3.67. The standard InChI is InChI=1S/C9H12ClN3OS/c1-7(13(2,6-11)15-14)8-3-4-9(10)12-5-8/h3-5,7,14-15H,1-2H3/t7-,13?/m0/s1. The fourth-order valence-corrected chi connectivity index (χ4v) is 1.55. The van der Waals surface area contributed by atoms with Crippen LogP contribution in [-0.2, 0) is 12.2 Å². The Morgan fingerprint density at radius 1 is 1.67 bits per heavy atom. The molecule has 1 rings (SSSR count). The van der Waals surface area contributed by atoms with Gasteiger partial charge < -0.3 is 4.55 Å².